The number of methoxy groups -OCH3 is 1. The van der Waals surface area contributed by atoms with Gasteiger partial charge >= 0.3 is 0 Å². The molecule has 0 saturated heterocycles. The molecule has 1 aromatic carbocycles. The molecule has 1 aromatic rings. The van der Waals surface area contributed by atoms with Crippen molar-refractivity contribution in [3.63, 3.8) is 0 Å². The van der Waals surface area contributed by atoms with Crippen molar-refractivity contribution in [3.05, 3.63) is 28.3 Å². The first-order valence-corrected chi connectivity index (χ1v) is 6.14. The summed E-state index contributed by atoms with van der Waals surface area (Å²) in [6.07, 6.45) is 4.23. The molecular weight excluding hydrogens is 222 g/mol. The Labute approximate surface area is 102 Å². The molecule has 2 nitrogen and oxygen atoms in total. The van der Waals surface area contributed by atoms with Crippen LogP contribution in [0.1, 0.15) is 37.3 Å². The molecule has 88 valence electrons. The summed E-state index contributed by atoms with van der Waals surface area (Å²) < 4.78 is 5.31. The zero-order valence-corrected chi connectivity index (χ0v) is 10.6. The molecule has 3 heteroatoms. The van der Waals surface area contributed by atoms with Crippen LogP contribution in [0.4, 0.5) is 0 Å². The van der Waals surface area contributed by atoms with Crippen LogP contribution in [0.15, 0.2) is 12.1 Å². The molecule has 0 unspecified atom stereocenters. The minimum Gasteiger partial charge on any atom is -0.495 e. The van der Waals surface area contributed by atoms with Crippen LogP contribution in [0, 0.1) is 0 Å². The minimum absolute atomic E-state index is 0.153. The van der Waals surface area contributed by atoms with E-state index in [1.54, 1.807) is 7.11 Å². The number of rotatable bonds is 3. The average molecular weight is 240 g/mol. The first kappa shape index (κ1) is 11.7. The molecule has 0 spiro atoms. The molecule has 0 bridgehead atoms. The molecule has 0 radical (unpaired) electrons. The highest BCUT2D eigenvalue weighted by atomic mass is 35.5. The van der Waals surface area contributed by atoms with Crippen LogP contribution in [0.5, 0.6) is 5.75 Å². The Morgan fingerprint density at radius 3 is 2.56 bits per heavy atom. The van der Waals surface area contributed by atoms with E-state index in [0.29, 0.717) is 5.02 Å². The summed E-state index contributed by atoms with van der Waals surface area (Å²) in [7, 11) is 1.65. The van der Waals surface area contributed by atoms with Gasteiger partial charge in [-0.1, -0.05) is 24.6 Å². The largest absolute Gasteiger partial charge is 0.495 e. The van der Waals surface area contributed by atoms with Crippen molar-refractivity contribution in [2.75, 3.05) is 7.11 Å². The van der Waals surface area contributed by atoms with Gasteiger partial charge in [0.15, 0.2) is 0 Å². The first-order valence-electron chi connectivity index (χ1n) is 5.76. The lowest BCUT2D eigenvalue weighted by Gasteiger charge is -2.39. The predicted octanol–water partition coefficient (Wildman–Crippen LogP) is 3.25. The molecule has 0 atom stereocenters. The molecule has 1 aliphatic carbocycles. The van der Waals surface area contributed by atoms with Gasteiger partial charge in [-0.2, -0.15) is 0 Å². The number of halogens is 1. The summed E-state index contributed by atoms with van der Waals surface area (Å²) >= 11 is 6.22. The SMILES string of the molecule is CCc1cc(C2(N)CCC2)cc(Cl)c1OC. The Morgan fingerprint density at radius 2 is 2.12 bits per heavy atom. The van der Waals surface area contributed by atoms with E-state index < -0.39 is 0 Å². The number of hydrogen-bond donors (Lipinski definition) is 1. The zero-order chi connectivity index (χ0) is 11.8. The molecule has 2 N–H and O–H groups in total. The normalized spacial score (nSPS) is 18.0. The van der Waals surface area contributed by atoms with Crippen LogP contribution in [0.3, 0.4) is 0 Å². The van der Waals surface area contributed by atoms with Crippen LogP contribution < -0.4 is 10.5 Å². The minimum atomic E-state index is -0.153. The van der Waals surface area contributed by atoms with Gasteiger partial charge in [-0.3, -0.25) is 0 Å². The lowest BCUT2D eigenvalue weighted by Crippen LogP contribution is -2.43. The van der Waals surface area contributed by atoms with Gasteiger partial charge in [0.2, 0.25) is 0 Å². The van der Waals surface area contributed by atoms with Crippen LogP contribution in [-0.2, 0) is 12.0 Å². The lowest BCUT2D eigenvalue weighted by atomic mass is 9.72. The maximum atomic E-state index is 6.31. The molecular formula is C13H18ClNO. The average Bonchev–Trinajstić information content (AvgIpc) is 2.24. The monoisotopic (exact) mass is 239 g/mol. The van der Waals surface area contributed by atoms with E-state index in [4.69, 9.17) is 22.1 Å². The first-order chi connectivity index (χ1) is 7.60. The number of nitrogens with two attached hydrogens (primary N) is 1. The molecule has 1 aliphatic rings. The van der Waals surface area contributed by atoms with Crippen LogP contribution >= 0.6 is 11.6 Å². The molecule has 0 heterocycles. The van der Waals surface area contributed by atoms with Gasteiger partial charge < -0.3 is 10.5 Å². The molecule has 0 amide bonds. The fourth-order valence-corrected chi connectivity index (χ4v) is 2.59. The van der Waals surface area contributed by atoms with E-state index in [1.807, 2.05) is 6.07 Å². The molecule has 0 aliphatic heterocycles. The smallest absolute Gasteiger partial charge is 0.140 e. The number of hydrogen-bond acceptors (Lipinski definition) is 2. The third-order valence-electron chi connectivity index (χ3n) is 3.53. The number of ether oxygens (including phenoxy) is 1. The Balaban J connectivity index is 2.45. The third-order valence-corrected chi connectivity index (χ3v) is 3.81. The fourth-order valence-electron chi connectivity index (χ4n) is 2.28. The van der Waals surface area contributed by atoms with E-state index in [9.17, 15) is 0 Å². The summed E-state index contributed by atoms with van der Waals surface area (Å²) in [5.41, 5.74) is 8.45. The van der Waals surface area contributed by atoms with Gasteiger partial charge in [-0.15, -0.1) is 0 Å². The van der Waals surface area contributed by atoms with Gasteiger partial charge in [0.1, 0.15) is 5.75 Å². The van der Waals surface area contributed by atoms with Gasteiger partial charge in [-0.25, -0.2) is 0 Å². The van der Waals surface area contributed by atoms with Crippen molar-refractivity contribution in [2.45, 2.75) is 38.1 Å². The molecule has 2 rings (SSSR count). The highest BCUT2D eigenvalue weighted by Gasteiger charge is 2.35. The molecule has 1 fully saturated rings. The van der Waals surface area contributed by atoms with Gasteiger partial charge in [0, 0.05) is 5.54 Å². The van der Waals surface area contributed by atoms with E-state index in [1.165, 1.54) is 6.42 Å². The van der Waals surface area contributed by atoms with Gasteiger partial charge in [-0.05, 0) is 42.9 Å². The van der Waals surface area contributed by atoms with E-state index in [-0.39, 0.29) is 5.54 Å². The van der Waals surface area contributed by atoms with Crippen molar-refractivity contribution in [1.29, 1.82) is 0 Å². The summed E-state index contributed by atoms with van der Waals surface area (Å²) in [4.78, 5) is 0. The van der Waals surface area contributed by atoms with Crippen LogP contribution in [0.2, 0.25) is 5.02 Å². The van der Waals surface area contributed by atoms with Crippen LogP contribution in [-0.4, -0.2) is 7.11 Å². The van der Waals surface area contributed by atoms with Crippen molar-refractivity contribution < 1.29 is 4.74 Å². The van der Waals surface area contributed by atoms with E-state index in [0.717, 1.165) is 36.1 Å². The van der Waals surface area contributed by atoms with Crippen molar-refractivity contribution in [3.8, 4) is 5.75 Å². The highest BCUT2D eigenvalue weighted by molar-refractivity contribution is 6.32. The molecule has 0 aromatic heterocycles. The van der Waals surface area contributed by atoms with E-state index in [2.05, 4.69) is 13.0 Å². The fraction of sp³-hybridized carbons (Fsp3) is 0.538. The number of benzene rings is 1. The standard InChI is InChI=1S/C13H18ClNO/c1-3-9-7-10(13(15)5-4-6-13)8-11(14)12(9)16-2/h7-8H,3-6,15H2,1-2H3. The number of aryl methyl sites for hydroxylation is 1. The molecule has 16 heavy (non-hydrogen) atoms. The van der Waals surface area contributed by atoms with Gasteiger partial charge in [0.05, 0.1) is 12.1 Å². The van der Waals surface area contributed by atoms with E-state index >= 15 is 0 Å². The summed E-state index contributed by atoms with van der Waals surface area (Å²) in [5.74, 6) is 0.788. The third kappa shape index (κ3) is 1.80. The summed E-state index contributed by atoms with van der Waals surface area (Å²) in [5, 5.41) is 0.675. The second-order valence-electron chi connectivity index (χ2n) is 4.51. The quantitative estimate of drug-likeness (QED) is 0.879. The predicted molar refractivity (Wildman–Crippen MR) is 67.1 cm³/mol. The summed E-state index contributed by atoms with van der Waals surface area (Å²) in [6, 6.07) is 4.10. The summed E-state index contributed by atoms with van der Waals surface area (Å²) in [6.45, 7) is 2.10. The van der Waals surface area contributed by atoms with Gasteiger partial charge in [0.25, 0.3) is 0 Å². The maximum Gasteiger partial charge on any atom is 0.140 e. The Hall–Kier alpha value is -0.730. The second-order valence-corrected chi connectivity index (χ2v) is 4.92. The second kappa shape index (κ2) is 4.27. The Kier molecular flexibility index (Phi) is 3.13. The molecule has 1 saturated carbocycles. The van der Waals surface area contributed by atoms with Crippen molar-refractivity contribution in [1.82, 2.24) is 0 Å². The Morgan fingerprint density at radius 1 is 1.44 bits per heavy atom. The Bertz CT molecular complexity index is 399. The van der Waals surface area contributed by atoms with Crippen molar-refractivity contribution >= 4 is 11.6 Å². The topological polar surface area (TPSA) is 35.2 Å². The van der Waals surface area contributed by atoms with Crippen LogP contribution in [0.25, 0.3) is 0 Å². The lowest BCUT2D eigenvalue weighted by molar-refractivity contribution is 0.253. The highest BCUT2D eigenvalue weighted by Crippen LogP contribution is 2.42. The zero-order valence-electron chi connectivity index (χ0n) is 9.85. The van der Waals surface area contributed by atoms with Crippen molar-refractivity contribution in [2.24, 2.45) is 5.73 Å². The maximum absolute atomic E-state index is 6.31.